The van der Waals surface area contributed by atoms with Crippen molar-refractivity contribution < 1.29 is 27.8 Å². The van der Waals surface area contributed by atoms with Gasteiger partial charge >= 0.3 is 12.6 Å². The third-order valence-corrected chi connectivity index (χ3v) is 3.70. The van der Waals surface area contributed by atoms with Crippen LogP contribution in [-0.2, 0) is 11.8 Å². The zero-order valence-corrected chi connectivity index (χ0v) is 14.3. The average Bonchev–Trinajstić information content (AvgIpc) is 2.78. The van der Waals surface area contributed by atoms with Gasteiger partial charge in [-0.3, -0.25) is 9.48 Å². The number of carbonyl (C=O) groups is 2. The van der Waals surface area contributed by atoms with Crippen LogP contribution >= 0.6 is 0 Å². The Morgan fingerprint density at radius 3 is 2.48 bits per heavy atom. The molecule has 0 aliphatic heterocycles. The number of carbonyl (C=O) groups excluding carboxylic acids is 2. The van der Waals surface area contributed by atoms with Gasteiger partial charge in [-0.25, -0.2) is 4.79 Å². The zero-order chi connectivity index (χ0) is 18.7. The molecule has 6 nitrogen and oxygen atoms in total. The van der Waals surface area contributed by atoms with Crippen LogP contribution in [0.3, 0.4) is 0 Å². The smallest absolute Gasteiger partial charge is 0.387 e. The lowest BCUT2D eigenvalue weighted by Crippen LogP contribution is -2.17. The minimum atomic E-state index is -3.06. The number of Topliss-reactive ketones (excluding diaryl/α,β-unsaturated/α-hetero) is 1. The maximum atomic E-state index is 12.5. The summed E-state index contributed by atoms with van der Waals surface area (Å²) in [6.07, 6.45) is 0. The molecule has 0 atom stereocenters. The highest BCUT2D eigenvalue weighted by Crippen LogP contribution is 2.23. The van der Waals surface area contributed by atoms with Crippen molar-refractivity contribution in [1.29, 1.82) is 0 Å². The van der Waals surface area contributed by atoms with Crippen LogP contribution in [0.4, 0.5) is 8.78 Å². The van der Waals surface area contributed by atoms with Gasteiger partial charge in [0.25, 0.3) is 0 Å². The molecule has 2 rings (SSSR count). The van der Waals surface area contributed by atoms with Gasteiger partial charge in [0, 0.05) is 12.7 Å². The lowest BCUT2D eigenvalue weighted by molar-refractivity contribution is -0.0502. The summed E-state index contributed by atoms with van der Waals surface area (Å²) in [7, 11) is 1.69. The Morgan fingerprint density at radius 1 is 1.24 bits per heavy atom. The number of halogens is 2. The molecule has 0 aliphatic carbocycles. The van der Waals surface area contributed by atoms with E-state index >= 15 is 0 Å². The summed E-state index contributed by atoms with van der Waals surface area (Å²) in [5.74, 6) is -1.58. The van der Waals surface area contributed by atoms with Crippen molar-refractivity contribution >= 4 is 11.8 Å². The molecule has 1 heterocycles. The predicted molar refractivity (Wildman–Crippen MR) is 85.1 cm³/mol. The zero-order valence-electron chi connectivity index (χ0n) is 14.3. The summed E-state index contributed by atoms with van der Waals surface area (Å²) in [6, 6.07) is 4.24. The normalized spacial score (nSPS) is 10.8. The first-order chi connectivity index (χ1) is 11.7. The molecule has 0 saturated carbocycles. The SMILES string of the molecule is Cc1ccc(OC(F)F)c(C(=O)COC(=O)c2c(C)nn(C)c2C)c1. The largest absolute Gasteiger partial charge is 0.454 e. The van der Waals surface area contributed by atoms with Crippen molar-refractivity contribution in [3.63, 3.8) is 0 Å². The first-order valence-electron chi connectivity index (χ1n) is 7.46. The van der Waals surface area contributed by atoms with E-state index in [1.165, 1.54) is 16.8 Å². The van der Waals surface area contributed by atoms with E-state index in [1.807, 2.05) is 0 Å². The molecule has 0 fully saturated rings. The molecular weight excluding hydrogens is 334 g/mol. The fourth-order valence-electron chi connectivity index (χ4n) is 2.41. The van der Waals surface area contributed by atoms with Gasteiger partial charge in [0.1, 0.15) is 11.3 Å². The Morgan fingerprint density at radius 2 is 1.92 bits per heavy atom. The summed E-state index contributed by atoms with van der Waals surface area (Å²) < 4.78 is 35.8. The predicted octanol–water partition coefficient (Wildman–Crippen LogP) is 2.99. The highest BCUT2D eigenvalue weighted by atomic mass is 19.3. The fraction of sp³-hybridized carbons (Fsp3) is 0.353. The molecule has 0 unspecified atom stereocenters. The number of ketones is 1. The van der Waals surface area contributed by atoms with E-state index in [0.717, 1.165) is 0 Å². The maximum Gasteiger partial charge on any atom is 0.387 e. The Bertz CT molecular complexity index is 815. The van der Waals surface area contributed by atoms with Crippen LogP contribution < -0.4 is 4.74 Å². The van der Waals surface area contributed by atoms with Crippen molar-refractivity contribution in [1.82, 2.24) is 9.78 Å². The number of aromatic nitrogens is 2. The lowest BCUT2D eigenvalue weighted by Gasteiger charge is -2.11. The topological polar surface area (TPSA) is 70.4 Å². The Hall–Kier alpha value is -2.77. The second kappa shape index (κ2) is 7.42. The molecule has 25 heavy (non-hydrogen) atoms. The third kappa shape index (κ3) is 4.20. The molecule has 1 aromatic carbocycles. The molecule has 0 radical (unpaired) electrons. The fourth-order valence-corrected chi connectivity index (χ4v) is 2.41. The Balaban J connectivity index is 2.15. The van der Waals surface area contributed by atoms with E-state index in [0.29, 0.717) is 17.0 Å². The highest BCUT2D eigenvalue weighted by Gasteiger charge is 2.22. The Kier molecular flexibility index (Phi) is 5.51. The van der Waals surface area contributed by atoms with Crippen molar-refractivity contribution in [2.45, 2.75) is 27.4 Å². The van der Waals surface area contributed by atoms with Gasteiger partial charge in [0.15, 0.2) is 6.61 Å². The Labute approximate surface area is 143 Å². The number of rotatable bonds is 6. The summed E-state index contributed by atoms with van der Waals surface area (Å²) in [5, 5.41) is 4.10. The van der Waals surface area contributed by atoms with E-state index in [4.69, 9.17) is 4.74 Å². The molecule has 0 spiro atoms. The summed E-state index contributed by atoms with van der Waals surface area (Å²) in [6.45, 7) is 1.42. The van der Waals surface area contributed by atoms with E-state index in [2.05, 4.69) is 9.84 Å². The van der Waals surface area contributed by atoms with Crippen LogP contribution in [0.1, 0.15) is 37.7 Å². The molecule has 8 heteroatoms. The average molecular weight is 352 g/mol. The molecule has 2 aromatic rings. The van der Waals surface area contributed by atoms with Crippen LogP contribution in [-0.4, -0.2) is 34.8 Å². The van der Waals surface area contributed by atoms with Gasteiger partial charge < -0.3 is 9.47 Å². The third-order valence-electron chi connectivity index (χ3n) is 3.70. The first kappa shape index (κ1) is 18.6. The molecular formula is C17H18F2N2O4. The standard InChI is InChI=1S/C17H18F2N2O4/c1-9-5-6-14(25-17(18)19)12(7-9)13(22)8-24-16(23)15-10(2)20-21(4)11(15)3/h5-7,17H,8H2,1-4H3. The molecule has 0 amide bonds. The van der Waals surface area contributed by atoms with Gasteiger partial charge in [-0.15, -0.1) is 0 Å². The van der Waals surface area contributed by atoms with Gasteiger partial charge in [0.05, 0.1) is 11.3 Å². The second-order valence-corrected chi connectivity index (χ2v) is 5.55. The number of nitrogens with zero attached hydrogens (tertiary/aromatic N) is 2. The van der Waals surface area contributed by atoms with E-state index in [-0.39, 0.29) is 16.9 Å². The van der Waals surface area contributed by atoms with E-state index in [1.54, 1.807) is 33.9 Å². The number of alkyl halides is 2. The van der Waals surface area contributed by atoms with Crippen molar-refractivity contribution in [3.05, 3.63) is 46.3 Å². The summed E-state index contributed by atoms with van der Waals surface area (Å²) in [5.41, 5.74) is 1.99. The quantitative estimate of drug-likeness (QED) is 0.590. The highest BCUT2D eigenvalue weighted by molar-refractivity contribution is 6.01. The van der Waals surface area contributed by atoms with Crippen LogP contribution in [0.15, 0.2) is 18.2 Å². The molecule has 134 valence electrons. The second-order valence-electron chi connectivity index (χ2n) is 5.55. The minimum absolute atomic E-state index is 0.0623. The van der Waals surface area contributed by atoms with Gasteiger partial charge in [0.2, 0.25) is 5.78 Å². The van der Waals surface area contributed by atoms with Gasteiger partial charge in [-0.2, -0.15) is 13.9 Å². The molecule has 1 aromatic heterocycles. The number of esters is 1. The number of aryl methyl sites for hydroxylation is 3. The minimum Gasteiger partial charge on any atom is -0.454 e. The molecule has 0 N–H and O–H groups in total. The number of hydrogen-bond donors (Lipinski definition) is 0. The number of ether oxygens (including phenoxy) is 2. The summed E-state index contributed by atoms with van der Waals surface area (Å²) >= 11 is 0. The summed E-state index contributed by atoms with van der Waals surface area (Å²) in [4.78, 5) is 24.5. The van der Waals surface area contributed by atoms with Crippen molar-refractivity contribution in [3.8, 4) is 5.75 Å². The van der Waals surface area contributed by atoms with Crippen molar-refractivity contribution in [2.24, 2.45) is 7.05 Å². The molecule has 0 saturated heterocycles. The monoisotopic (exact) mass is 352 g/mol. The van der Waals surface area contributed by atoms with Crippen LogP contribution in [0, 0.1) is 20.8 Å². The van der Waals surface area contributed by atoms with E-state index < -0.39 is 25.0 Å². The van der Waals surface area contributed by atoms with Crippen LogP contribution in [0.25, 0.3) is 0 Å². The van der Waals surface area contributed by atoms with Gasteiger partial charge in [-0.1, -0.05) is 11.6 Å². The number of benzene rings is 1. The van der Waals surface area contributed by atoms with Crippen LogP contribution in [0.2, 0.25) is 0 Å². The van der Waals surface area contributed by atoms with Crippen LogP contribution in [0.5, 0.6) is 5.75 Å². The number of hydrogen-bond acceptors (Lipinski definition) is 5. The molecule has 0 bridgehead atoms. The lowest BCUT2D eigenvalue weighted by atomic mass is 10.1. The maximum absolute atomic E-state index is 12.5. The van der Waals surface area contributed by atoms with Crippen molar-refractivity contribution in [2.75, 3.05) is 6.61 Å². The van der Waals surface area contributed by atoms with E-state index in [9.17, 15) is 18.4 Å². The molecule has 0 aliphatic rings. The van der Waals surface area contributed by atoms with Gasteiger partial charge in [-0.05, 0) is 32.9 Å². The first-order valence-corrected chi connectivity index (χ1v) is 7.46.